The van der Waals surface area contributed by atoms with E-state index in [-0.39, 0.29) is 5.91 Å². The highest BCUT2D eigenvalue weighted by Crippen LogP contribution is 2.31. The van der Waals surface area contributed by atoms with Crippen LogP contribution in [-0.4, -0.2) is 52.2 Å². The molecule has 0 fully saturated rings. The number of amides is 3. The minimum atomic E-state index is -1.31. The second kappa shape index (κ2) is 14.5. The number of alkyl carbamates (subject to hydrolysis) is 1. The molecule has 8 nitrogen and oxygen atoms in total. The van der Waals surface area contributed by atoms with Gasteiger partial charge in [-0.3, -0.25) is 9.59 Å². The third kappa shape index (κ3) is 9.29. The third-order valence-electron chi connectivity index (χ3n) is 7.34. The number of carbonyl (C=O) groups excluding carboxylic acids is 3. The van der Waals surface area contributed by atoms with Gasteiger partial charge in [-0.1, -0.05) is 67.9 Å². The number of ether oxygens (including phenoxy) is 1. The van der Waals surface area contributed by atoms with E-state index < -0.39 is 42.3 Å². The first kappa shape index (κ1) is 33.6. The molecule has 0 saturated carbocycles. The topological polar surface area (TPSA) is 108 Å². The van der Waals surface area contributed by atoms with Crippen LogP contribution < -0.4 is 10.6 Å². The lowest BCUT2D eigenvalue weighted by Crippen LogP contribution is -2.56. The summed E-state index contributed by atoms with van der Waals surface area (Å²) in [6.45, 7) is 14.5. The highest BCUT2D eigenvalue weighted by molar-refractivity contribution is 6.00. The standard InChI is InChI=1S/C35H47N3O5/c1-22(2)13-16-25(5)38(33(41)30(21-39)37-34(42)43-35(6,7)8)31(29-19-23(3)14-15-24(29)4)32(40)36-28-18-17-26-11-9-10-12-27(26)20-28/h9-12,14-15,17-20,22,25,30-31,39H,13,16,21H2,1-8H3,(H,36,40)(H,37,42). The van der Waals surface area contributed by atoms with Crippen LogP contribution in [0.5, 0.6) is 0 Å². The fourth-order valence-electron chi connectivity index (χ4n) is 5.08. The van der Waals surface area contributed by atoms with Crippen LogP contribution in [0.25, 0.3) is 10.8 Å². The zero-order chi connectivity index (χ0) is 31.9. The Hall–Kier alpha value is -3.91. The molecule has 0 radical (unpaired) electrons. The van der Waals surface area contributed by atoms with Crippen molar-refractivity contribution in [3.8, 4) is 0 Å². The molecule has 0 saturated heterocycles. The van der Waals surface area contributed by atoms with Crippen LogP contribution >= 0.6 is 0 Å². The van der Waals surface area contributed by atoms with E-state index in [9.17, 15) is 19.5 Å². The van der Waals surface area contributed by atoms with Crippen molar-refractivity contribution in [3.05, 3.63) is 77.4 Å². The highest BCUT2D eigenvalue weighted by Gasteiger charge is 2.39. The number of carbonyl (C=O) groups is 3. The minimum absolute atomic E-state index is 0.374. The predicted octanol–water partition coefficient (Wildman–Crippen LogP) is 6.68. The predicted molar refractivity (Wildman–Crippen MR) is 172 cm³/mol. The van der Waals surface area contributed by atoms with Gasteiger partial charge in [-0.15, -0.1) is 0 Å². The van der Waals surface area contributed by atoms with Gasteiger partial charge in [0.25, 0.3) is 5.91 Å². The monoisotopic (exact) mass is 589 g/mol. The van der Waals surface area contributed by atoms with E-state index >= 15 is 0 Å². The van der Waals surface area contributed by atoms with Crippen LogP contribution in [0.15, 0.2) is 60.7 Å². The third-order valence-corrected chi connectivity index (χ3v) is 7.34. The van der Waals surface area contributed by atoms with Gasteiger partial charge in [0.1, 0.15) is 17.7 Å². The molecule has 0 aliphatic rings. The second-order valence-electron chi connectivity index (χ2n) is 12.8. The van der Waals surface area contributed by atoms with E-state index in [2.05, 4.69) is 24.5 Å². The Balaban J connectivity index is 2.10. The first-order valence-corrected chi connectivity index (χ1v) is 15.0. The maximum atomic E-state index is 14.3. The highest BCUT2D eigenvalue weighted by atomic mass is 16.6. The Kier molecular flexibility index (Phi) is 11.3. The van der Waals surface area contributed by atoms with Crippen LogP contribution in [0.2, 0.25) is 0 Å². The summed E-state index contributed by atoms with van der Waals surface area (Å²) < 4.78 is 5.37. The Morgan fingerprint density at radius 2 is 1.58 bits per heavy atom. The lowest BCUT2D eigenvalue weighted by Gasteiger charge is -2.39. The summed E-state index contributed by atoms with van der Waals surface area (Å²) in [7, 11) is 0. The molecule has 0 spiro atoms. The normalized spacial score (nSPS) is 13.7. The number of nitrogens with one attached hydrogen (secondary N) is 2. The number of hydrogen-bond donors (Lipinski definition) is 3. The zero-order valence-corrected chi connectivity index (χ0v) is 26.7. The molecule has 0 aliphatic heterocycles. The summed E-state index contributed by atoms with van der Waals surface area (Å²) in [5, 5.41) is 17.9. The summed E-state index contributed by atoms with van der Waals surface area (Å²) in [4.78, 5) is 42.9. The molecule has 0 bridgehead atoms. The first-order valence-electron chi connectivity index (χ1n) is 15.0. The largest absolute Gasteiger partial charge is 0.444 e. The summed E-state index contributed by atoms with van der Waals surface area (Å²) in [5.74, 6) is -0.578. The van der Waals surface area contributed by atoms with Crippen molar-refractivity contribution in [1.82, 2.24) is 10.2 Å². The van der Waals surface area contributed by atoms with Crippen molar-refractivity contribution in [2.45, 2.75) is 92.0 Å². The second-order valence-corrected chi connectivity index (χ2v) is 12.8. The first-order chi connectivity index (χ1) is 20.2. The SMILES string of the molecule is Cc1ccc(C)c(C(C(=O)Nc2ccc3ccccc3c2)N(C(=O)C(CO)NC(=O)OC(C)(C)C)C(C)CCC(C)C)c1. The Labute approximate surface area is 255 Å². The fourth-order valence-corrected chi connectivity index (χ4v) is 5.08. The summed E-state index contributed by atoms with van der Waals surface area (Å²) >= 11 is 0. The van der Waals surface area contributed by atoms with Gasteiger partial charge in [-0.25, -0.2) is 4.79 Å². The maximum Gasteiger partial charge on any atom is 0.408 e. The molecule has 3 amide bonds. The molecule has 3 N–H and O–H groups in total. The van der Waals surface area contributed by atoms with Gasteiger partial charge in [0, 0.05) is 11.7 Å². The lowest BCUT2D eigenvalue weighted by atomic mass is 9.93. The van der Waals surface area contributed by atoms with Gasteiger partial charge in [0.05, 0.1) is 6.61 Å². The van der Waals surface area contributed by atoms with Crippen LogP contribution in [0, 0.1) is 19.8 Å². The van der Waals surface area contributed by atoms with Crippen LogP contribution in [0.3, 0.4) is 0 Å². The number of aliphatic hydroxyl groups excluding tert-OH is 1. The Bertz CT molecular complexity index is 1430. The molecule has 43 heavy (non-hydrogen) atoms. The molecule has 3 unspecified atom stereocenters. The van der Waals surface area contributed by atoms with E-state index in [1.165, 1.54) is 4.90 Å². The number of nitrogens with zero attached hydrogens (tertiary/aromatic N) is 1. The summed E-state index contributed by atoms with van der Waals surface area (Å²) in [5.41, 5.74) is 2.28. The summed E-state index contributed by atoms with van der Waals surface area (Å²) in [6, 6.07) is 16.7. The van der Waals surface area contributed by atoms with Crippen molar-refractivity contribution in [2.24, 2.45) is 5.92 Å². The molecule has 3 atom stereocenters. The van der Waals surface area contributed by atoms with Gasteiger partial charge in [0.2, 0.25) is 5.91 Å². The maximum absolute atomic E-state index is 14.3. The quantitative estimate of drug-likeness (QED) is 0.231. The molecule has 0 aliphatic carbocycles. The molecule has 232 valence electrons. The average Bonchev–Trinajstić information content (AvgIpc) is 2.93. The van der Waals surface area contributed by atoms with Crippen LogP contribution in [0.1, 0.15) is 77.1 Å². The van der Waals surface area contributed by atoms with E-state index in [0.717, 1.165) is 28.3 Å². The van der Waals surface area contributed by atoms with Crippen molar-refractivity contribution in [1.29, 1.82) is 0 Å². The van der Waals surface area contributed by atoms with Crippen molar-refractivity contribution < 1.29 is 24.2 Å². The van der Waals surface area contributed by atoms with Crippen molar-refractivity contribution >= 4 is 34.4 Å². The van der Waals surface area contributed by atoms with Gasteiger partial charge in [0.15, 0.2) is 0 Å². The van der Waals surface area contributed by atoms with E-state index in [0.29, 0.717) is 23.6 Å². The molecule has 8 heteroatoms. The average molecular weight is 590 g/mol. The lowest BCUT2D eigenvalue weighted by molar-refractivity contribution is -0.144. The van der Waals surface area contributed by atoms with Crippen LogP contribution in [-0.2, 0) is 14.3 Å². The molecule has 0 heterocycles. The number of benzene rings is 3. The Morgan fingerprint density at radius 3 is 2.21 bits per heavy atom. The molecular formula is C35H47N3O5. The number of aryl methyl sites for hydroxylation is 2. The van der Waals surface area contributed by atoms with E-state index in [4.69, 9.17) is 4.74 Å². The van der Waals surface area contributed by atoms with E-state index in [1.807, 2.05) is 81.4 Å². The van der Waals surface area contributed by atoms with Crippen molar-refractivity contribution in [3.63, 3.8) is 0 Å². The molecule has 3 aromatic rings. The smallest absolute Gasteiger partial charge is 0.408 e. The molecular weight excluding hydrogens is 542 g/mol. The molecule has 3 rings (SSSR count). The van der Waals surface area contributed by atoms with Gasteiger partial charge >= 0.3 is 6.09 Å². The van der Waals surface area contributed by atoms with Gasteiger partial charge in [-0.2, -0.15) is 0 Å². The molecule has 3 aromatic carbocycles. The number of anilines is 1. The number of aliphatic hydroxyl groups is 1. The number of rotatable bonds is 11. The van der Waals surface area contributed by atoms with Gasteiger partial charge < -0.3 is 25.4 Å². The number of hydrogen-bond acceptors (Lipinski definition) is 5. The molecule has 0 aromatic heterocycles. The van der Waals surface area contributed by atoms with Crippen molar-refractivity contribution in [2.75, 3.05) is 11.9 Å². The zero-order valence-electron chi connectivity index (χ0n) is 26.7. The van der Waals surface area contributed by atoms with Gasteiger partial charge in [-0.05, 0) is 94.3 Å². The Morgan fingerprint density at radius 1 is 0.907 bits per heavy atom. The number of fused-ring (bicyclic) bond motifs is 1. The fraction of sp³-hybridized carbons (Fsp3) is 0.457. The van der Waals surface area contributed by atoms with Crippen LogP contribution in [0.4, 0.5) is 10.5 Å². The minimum Gasteiger partial charge on any atom is -0.444 e. The summed E-state index contributed by atoms with van der Waals surface area (Å²) in [6.07, 6.45) is 0.622. The van der Waals surface area contributed by atoms with E-state index in [1.54, 1.807) is 20.8 Å².